The first kappa shape index (κ1) is 20.7. The predicted molar refractivity (Wildman–Crippen MR) is 104 cm³/mol. The van der Waals surface area contributed by atoms with Crippen molar-refractivity contribution in [2.45, 2.75) is 19.9 Å². The van der Waals surface area contributed by atoms with Gasteiger partial charge in [-0.15, -0.1) is 12.4 Å². The average molecular weight is 362 g/mol. The minimum atomic E-state index is -0.174. The van der Waals surface area contributed by atoms with Gasteiger partial charge in [0.1, 0.15) is 0 Å². The van der Waals surface area contributed by atoms with Crippen molar-refractivity contribution in [1.82, 2.24) is 10.6 Å². The van der Waals surface area contributed by atoms with E-state index < -0.39 is 0 Å². The van der Waals surface area contributed by atoms with Crippen LogP contribution in [-0.4, -0.2) is 30.9 Å². The zero-order valence-electron chi connectivity index (χ0n) is 14.4. The molecule has 5 nitrogen and oxygen atoms in total. The van der Waals surface area contributed by atoms with E-state index >= 15 is 0 Å². The van der Waals surface area contributed by atoms with E-state index in [1.165, 1.54) is 0 Å². The maximum absolute atomic E-state index is 12.1. The summed E-state index contributed by atoms with van der Waals surface area (Å²) in [5, 5.41) is 8.93. The van der Waals surface area contributed by atoms with Crippen molar-refractivity contribution in [3.8, 4) is 0 Å². The first-order valence-electron chi connectivity index (χ1n) is 8.08. The van der Waals surface area contributed by atoms with E-state index in [9.17, 15) is 9.59 Å². The Balaban J connectivity index is 0.00000312. The van der Waals surface area contributed by atoms with Crippen LogP contribution in [0.1, 0.15) is 34.6 Å². The summed E-state index contributed by atoms with van der Waals surface area (Å²) in [5.74, 6) is -0.298. The molecule has 0 saturated carbocycles. The maximum Gasteiger partial charge on any atom is 0.255 e. The molecule has 0 aliphatic heterocycles. The Morgan fingerprint density at radius 3 is 2.12 bits per heavy atom. The maximum atomic E-state index is 12.1. The summed E-state index contributed by atoms with van der Waals surface area (Å²) in [4.78, 5) is 24.2. The van der Waals surface area contributed by atoms with E-state index in [0.717, 1.165) is 6.54 Å². The number of amides is 2. The van der Waals surface area contributed by atoms with Gasteiger partial charge in [-0.25, -0.2) is 0 Å². The van der Waals surface area contributed by atoms with Crippen LogP contribution in [0, 0.1) is 0 Å². The molecule has 25 heavy (non-hydrogen) atoms. The smallest absolute Gasteiger partial charge is 0.255 e. The monoisotopic (exact) mass is 361 g/mol. The fraction of sp³-hybridized carbons (Fsp3) is 0.263. The number of likely N-dealkylation sites (N-methyl/N-ethyl adjacent to an activating group) is 1. The molecule has 0 saturated heterocycles. The first-order chi connectivity index (χ1) is 11.6. The number of anilines is 1. The number of halogens is 1. The third-order valence-electron chi connectivity index (χ3n) is 3.56. The summed E-state index contributed by atoms with van der Waals surface area (Å²) < 4.78 is 0. The molecule has 0 aliphatic rings. The van der Waals surface area contributed by atoms with Gasteiger partial charge in [-0.05, 0) is 49.9 Å². The standard InChI is InChI=1S/C19H23N3O2.ClH/c1-3-20-14(2)13-21-18(23)16-9-11-17(12-10-16)22-19(24)15-7-5-4-6-8-15;/h4-12,14,20H,3,13H2,1-2H3,(H,21,23)(H,22,24);1H/t14-;/m1./s1. The lowest BCUT2D eigenvalue weighted by Crippen LogP contribution is -2.38. The molecule has 3 N–H and O–H groups in total. The normalized spacial score (nSPS) is 11.1. The second kappa shape index (κ2) is 10.5. The molecule has 1 atom stereocenters. The van der Waals surface area contributed by atoms with E-state index in [1.54, 1.807) is 36.4 Å². The molecule has 0 spiro atoms. The largest absolute Gasteiger partial charge is 0.350 e. The Labute approximate surface area is 154 Å². The number of carbonyl (C=O) groups is 2. The quantitative estimate of drug-likeness (QED) is 0.709. The minimum absolute atomic E-state index is 0. The highest BCUT2D eigenvalue weighted by atomic mass is 35.5. The topological polar surface area (TPSA) is 70.2 Å². The summed E-state index contributed by atoms with van der Waals surface area (Å²) in [7, 11) is 0. The zero-order chi connectivity index (χ0) is 17.4. The molecule has 2 amide bonds. The molecule has 134 valence electrons. The molecule has 0 heterocycles. The van der Waals surface area contributed by atoms with Crippen LogP contribution in [0.5, 0.6) is 0 Å². The van der Waals surface area contributed by atoms with Crippen molar-refractivity contribution in [1.29, 1.82) is 0 Å². The molecule has 0 bridgehead atoms. The lowest BCUT2D eigenvalue weighted by molar-refractivity contribution is 0.0949. The molecule has 0 unspecified atom stereocenters. The Morgan fingerprint density at radius 2 is 1.52 bits per heavy atom. The van der Waals surface area contributed by atoms with Gasteiger partial charge in [0, 0.05) is 29.4 Å². The second-order valence-corrected chi connectivity index (χ2v) is 5.57. The summed E-state index contributed by atoms with van der Waals surface area (Å²) in [6.45, 7) is 5.48. The van der Waals surface area contributed by atoms with Gasteiger partial charge in [-0.1, -0.05) is 25.1 Å². The molecule has 2 aromatic carbocycles. The molecule has 0 aliphatic carbocycles. The van der Waals surface area contributed by atoms with Gasteiger partial charge in [-0.2, -0.15) is 0 Å². The molecule has 2 aromatic rings. The predicted octanol–water partition coefficient (Wildman–Crippen LogP) is 3.09. The van der Waals surface area contributed by atoms with Gasteiger partial charge >= 0.3 is 0 Å². The fourth-order valence-electron chi connectivity index (χ4n) is 2.27. The van der Waals surface area contributed by atoms with Crippen molar-refractivity contribution in [3.63, 3.8) is 0 Å². The fourth-order valence-corrected chi connectivity index (χ4v) is 2.27. The van der Waals surface area contributed by atoms with Crippen molar-refractivity contribution in [3.05, 3.63) is 65.7 Å². The first-order valence-corrected chi connectivity index (χ1v) is 8.08. The number of nitrogens with one attached hydrogen (secondary N) is 3. The number of rotatable bonds is 7. The average Bonchev–Trinajstić information content (AvgIpc) is 2.61. The van der Waals surface area contributed by atoms with Crippen LogP contribution < -0.4 is 16.0 Å². The molecular weight excluding hydrogens is 338 g/mol. The van der Waals surface area contributed by atoms with Gasteiger partial charge in [-0.3, -0.25) is 9.59 Å². The molecule has 6 heteroatoms. The van der Waals surface area contributed by atoms with E-state index in [4.69, 9.17) is 0 Å². The summed E-state index contributed by atoms with van der Waals surface area (Å²) >= 11 is 0. The number of benzene rings is 2. The minimum Gasteiger partial charge on any atom is -0.350 e. The summed E-state index contributed by atoms with van der Waals surface area (Å²) in [6.07, 6.45) is 0. The van der Waals surface area contributed by atoms with Crippen LogP contribution in [0.4, 0.5) is 5.69 Å². The van der Waals surface area contributed by atoms with E-state index in [-0.39, 0.29) is 30.3 Å². The number of carbonyl (C=O) groups excluding carboxylic acids is 2. The third kappa shape index (κ3) is 6.57. The highest BCUT2D eigenvalue weighted by molar-refractivity contribution is 6.04. The van der Waals surface area contributed by atoms with Gasteiger partial charge in [0.25, 0.3) is 11.8 Å². The Bertz CT molecular complexity index is 675. The summed E-state index contributed by atoms with van der Waals surface area (Å²) in [5.41, 5.74) is 1.81. The van der Waals surface area contributed by atoms with Crippen molar-refractivity contribution >= 4 is 29.9 Å². The molecular formula is C19H24ClN3O2. The number of hydrogen-bond donors (Lipinski definition) is 3. The van der Waals surface area contributed by atoms with Crippen LogP contribution in [0.25, 0.3) is 0 Å². The highest BCUT2D eigenvalue weighted by Crippen LogP contribution is 2.11. The Hall–Kier alpha value is -2.37. The van der Waals surface area contributed by atoms with Crippen molar-refractivity contribution < 1.29 is 9.59 Å². The lowest BCUT2D eigenvalue weighted by atomic mass is 10.1. The zero-order valence-corrected chi connectivity index (χ0v) is 15.2. The van der Waals surface area contributed by atoms with Crippen LogP contribution in [-0.2, 0) is 0 Å². The molecule has 2 rings (SSSR count). The number of hydrogen-bond acceptors (Lipinski definition) is 3. The second-order valence-electron chi connectivity index (χ2n) is 5.57. The van der Waals surface area contributed by atoms with Gasteiger partial charge in [0.2, 0.25) is 0 Å². The Morgan fingerprint density at radius 1 is 0.920 bits per heavy atom. The molecule has 0 radical (unpaired) electrons. The summed E-state index contributed by atoms with van der Waals surface area (Å²) in [6, 6.07) is 16.1. The van der Waals surface area contributed by atoms with Crippen LogP contribution in [0.3, 0.4) is 0 Å². The van der Waals surface area contributed by atoms with Crippen LogP contribution >= 0.6 is 12.4 Å². The van der Waals surface area contributed by atoms with E-state index in [2.05, 4.69) is 16.0 Å². The van der Waals surface area contributed by atoms with Crippen molar-refractivity contribution in [2.24, 2.45) is 0 Å². The Kier molecular flexibility index (Phi) is 8.67. The van der Waals surface area contributed by atoms with Crippen LogP contribution in [0.2, 0.25) is 0 Å². The molecule has 0 fully saturated rings. The van der Waals surface area contributed by atoms with Gasteiger partial charge in [0.05, 0.1) is 0 Å². The van der Waals surface area contributed by atoms with Gasteiger partial charge in [0.15, 0.2) is 0 Å². The van der Waals surface area contributed by atoms with E-state index in [0.29, 0.717) is 23.4 Å². The SMILES string of the molecule is CCN[C@H](C)CNC(=O)c1ccc(NC(=O)c2ccccc2)cc1.Cl. The highest BCUT2D eigenvalue weighted by Gasteiger charge is 2.09. The third-order valence-corrected chi connectivity index (χ3v) is 3.56. The lowest BCUT2D eigenvalue weighted by Gasteiger charge is -2.13. The van der Waals surface area contributed by atoms with Crippen molar-refractivity contribution in [2.75, 3.05) is 18.4 Å². The van der Waals surface area contributed by atoms with Gasteiger partial charge < -0.3 is 16.0 Å². The van der Waals surface area contributed by atoms with E-state index in [1.807, 2.05) is 32.0 Å². The van der Waals surface area contributed by atoms with Crippen LogP contribution in [0.15, 0.2) is 54.6 Å². The molecule has 0 aromatic heterocycles.